The van der Waals surface area contributed by atoms with Gasteiger partial charge in [-0.05, 0) is 30.1 Å². The van der Waals surface area contributed by atoms with Crippen LogP contribution in [0.4, 0.5) is 0 Å². The standard InChI is InChI=1S/C15H17N3S2/c1-20-14-5-3-2-4-11(14)9-18-7-6-13-12(10-18)8-16-15(19)17-13/h2-5,8H,6-7,9-10H2,1H3,(H,16,17,19). The number of thioether (sulfide) groups is 1. The maximum absolute atomic E-state index is 5.08. The van der Waals surface area contributed by atoms with E-state index in [1.807, 2.05) is 18.0 Å². The smallest absolute Gasteiger partial charge is 0.196 e. The molecule has 1 N–H and O–H groups in total. The lowest BCUT2D eigenvalue weighted by Crippen LogP contribution is -2.31. The van der Waals surface area contributed by atoms with Crippen molar-refractivity contribution in [1.82, 2.24) is 14.9 Å². The first-order valence-electron chi connectivity index (χ1n) is 6.67. The third kappa shape index (κ3) is 2.95. The molecule has 3 nitrogen and oxygen atoms in total. The van der Waals surface area contributed by atoms with E-state index in [1.54, 1.807) is 0 Å². The molecule has 0 amide bonds. The van der Waals surface area contributed by atoms with Crippen LogP contribution in [0.5, 0.6) is 0 Å². The molecule has 0 fully saturated rings. The lowest BCUT2D eigenvalue weighted by molar-refractivity contribution is 0.241. The topological polar surface area (TPSA) is 31.9 Å². The molecule has 1 aliphatic rings. The first-order chi connectivity index (χ1) is 9.76. The zero-order valence-corrected chi connectivity index (χ0v) is 13.1. The highest BCUT2D eigenvalue weighted by molar-refractivity contribution is 7.98. The monoisotopic (exact) mass is 303 g/mol. The molecule has 1 aromatic heterocycles. The van der Waals surface area contributed by atoms with Gasteiger partial charge < -0.3 is 4.98 Å². The minimum Gasteiger partial charge on any atom is -0.334 e. The van der Waals surface area contributed by atoms with Gasteiger partial charge in [0, 0.05) is 48.4 Å². The van der Waals surface area contributed by atoms with Crippen molar-refractivity contribution in [2.45, 2.75) is 24.4 Å². The first kappa shape index (κ1) is 13.8. The summed E-state index contributed by atoms with van der Waals surface area (Å²) in [6.45, 7) is 2.99. The van der Waals surface area contributed by atoms with Gasteiger partial charge in [0.15, 0.2) is 4.77 Å². The highest BCUT2D eigenvalue weighted by Gasteiger charge is 2.17. The van der Waals surface area contributed by atoms with E-state index in [4.69, 9.17) is 12.2 Å². The minimum atomic E-state index is 0.588. The number of rotatable bonds is 3. The molecule has 0 spiro atoms. The number of aromatic nitrogens is 2. The predicted molar refractivity (Wildman–Crippen MR) is 85.5 cm³/mol. The molecule has 3 rings (SSSR count). The Morgan fingerprint density at radius 1 is 1.40 bits per heavy atom. The third-order valence-electron chi connectivity index (χ3n) is 3.64. The number of benzene rings is 1. The van der Waals surface area contributed by atoms with Gasteiger partial charge in [-0.2, -0.15) is 0 Å². The van der Waals surface area contributed by atoms with Crippen molar-refractivity contribution in [2.75, 3.05) is 12.8 Å². The Labute approximate surface area is 128 Å². The van der Waals surface area contributed by atoms with Crippen molar-refractivity contribution in [1.29, 1.82) is 0 Å². The molecule has 0 radical (unpaired) electrons. The fraction of sp³-hybridized carbons (Fsp3) is 0.333. The van der Waals surface area contributed by atoms with E-state index in [2.05, 4.69) is 45.4 Å². The van der Waals surface area contributed by atoms with Gasteiger partial charge in [0.1, 0.15) is 0 Å². The number of hydrogen-bond acceptors (Lipinski definition) is 4. The summed E-state index contributed by atoms with van der Waals surface area (Å²) < 4.78 is 0.588. The number of fused-ring (bicyclic) bond motifs is 1. The van der Waals surface area contributed by atoms with Crippen LogP contribution in [0.15, 0.2) is 35.4 Å². The van der Waals surface area contributed by atoms with Crippen molar-refractivity contribution in [3.05, 3.63) is 52.1 Å². The largest absolute Gasteiger partial charge is 0.334 e. The van der Waals surface area contributed by atoms with Crippen LogP contribution in [-0.2, 0) is 19.5 Å². The number of aromatic amines is 1. The molecule has 1 aromatic carbocycles. The molecular weight excluding hydrogens is 286 g/mol. The summed E-state index contributed by atoms with van der Waals surface area (Å²) in [7, 11) is 0. The molecule has 0 bridgehead atoms. The van der Waals surface area contributed by atoms with E-state index < -0.39 is 0 Å². The third-order valence-corrected chi connectivity index (χ3v) is 4.69. The van der Waals surface area contributed by atoms with Crippen LogP contribution >= 0.6 is 24.0 Å². The van der Waals surface area contributed by atoms with Crippen LogP contribution in [0.3, 0.4) is 0 Å². The molecule has 5 heteroatoms. The van der Waals surface area contributed by atoms with Gasteiger partial charge in [0.25, 0.3) is 0 Å². The zero-order chi connectivity index (χ0) is 13.9. The summed E-state index contributed by atoms with van der Waals surface area (Å²) in [6.07, 6.45) is 5.07. The van der Waals surface area contributed by atoms with Gasteiger partial charge in [-0.25, -0.2) is 4.98 Å². The molecule has 0 aliphatic carbocycles. The number of nitrogens with one attached hydrogen (secondary N) is 1. The number of nitrogens with zero attached hydrogens (tertiary/aromatic N) is 2. The fourth-order valence-corrected chi connectivity index (χ4v) is 3.40. The average molecular weight is 303 g/mol. The molecule has 20 heavy (non-hydrogen) atoms. The second-order valence-electron chi connectivity index (χ2n) is 4.96. The second kappa shape index (κ2) is 6.08. The van der Waals surface area contributed by atoms with Crippen molar-refractivity contribution in [3.63, 3.8) is 0 Å². The first-order valence-corrected chi connectivity index (χ1v) is 8.31. The summed E-state index contributed by atoms with van der Waals surface area (Å²) in [5.74, 6) is 0. The van der Waals surface area contributed by atoms with Crippen LogP contribution < -0.4 is 0 Å². The highest BCUT2D eigenvalue weighted by Crippen LogP contribution is 2.24. The lowest BCUT2D eigenvalue weighted by Gasteiger charge is -2.28. The molecule has 0 saturated heterocycles. The average Bonchev–Trinajstić information content (AvgIpc) is 2.48. The molecule has 2 aromatic rings. The van der Waals surface area contributed by atoms with Crippen molar-refractivity contribution in [3.8, 4) is 0 Å². The van der Waals surface area contributed by atoms with Crippen LogP contribution in [-0.4, -0.2) is 27.7 Å². The fourth-order valence-electron chi connectivity index (χ4n) is 2.61. The Morgan fingerprint density at radius 3 is 3.10 bits per heavy atom. The Balaban J connectivity index is 1.77. The quantitative estimate of drug-likeness (QED) is 0.695. The van der Waals surface area contributed by atoms with E-state index in [1.165, 1.54) is 21.7 Å². The predicted octanol–water partition coefficient (Wildman–Crippen LogP) is 3.42. The van der Waals surface area contributed by atoms with Gasteiger partial charge in [-0.3, -0.25) is 4.90 Å². The Kier molecular flexibility index (Phi) is 4.19. The van der Waals surface area contributed by atoms with Gasteiger partial charge in [0.2, 0.25) is 0 Å². The maximum Gasteiger partial charge on any atom is 0.196 e. The minimum absolute atomic E-state index is 0.588. The summed E-state index contributed by atoms with van der Waals surface area (Å²) in [6, 6.07) is 8.63. The Hall–Kier alpha value is -1.17. The molecule has 0 unspecified atom stereocenters. The van der Waals surface area contributed by atoms with Gasteiger partial charge in [-0.1, -0.05) is 18.2 Å². The lowest BCUT2D eigenvalue weighted by atomic mass is 10.1. The van der Waals surface area contributed by atoms with Gasteiger partial charge >= 0.3 is 0 Å². The van der Waals surface area contributed by atoms with E-state index in [-0.39, 0.29) is 0 Å². The molecule has 2 heterocycles. The van der Waals surface area contributed by atoms with Crippen LogP contribution in [0.2, 0.25) is 0 Å². The van der Waals surface area contributed by atoms with E-state index in [9.17, 15) is 0 Å². The van der Waals surface area contributed by atoms with E-state index >= 15 is 0 Å². The maximum atomic E-state index is 5.08. The Morgan fingerprint density at radius 2 is 2.25 bits per heavy atom. The van der Waals surface area contributed by atoms with Crippen LogP contribution in [0.25, 0.3) is 0 Å². The van der Waals surface area contributed by atoms with Crippen LogP contribution in [0, 0.1) is 4.77 Å². The molecular formula is C15H17N3S2. The number of H-pyrrole nitrogens is 1. The van der Waals surface area contributed by atoms with E-state index in [0.717, 1.165) is 26.1 Å². The summed E-state index contributed by atoms with van der Waals surface area (Å²) in [5.41, 5.74) is 3.92. The summed E-state index contributed by atoms with van der Waals surface area (Å²) in [5, 5.41) is 0. The molecule has 0 atom stereocenters. The van der Waals surface area contributed by atoms with Crippen LogP contribution in [0.1, 0.15) is 16.8 Å². The van der Waals surface area contributed by atoms with Gasteiger partial charge in [-0.15, -0.1) is 11.8 Å². The van der Waals surface area contributed by atoms with Crippen molar-refractivity contribution < 1.29 is 0 Å². The SMILES string of the molecule is CSc1ccccc1CN1CCc2[nH]c(=S)ncc2C1. The second-order valence-corrected chi connectivity index (χ2v) is 6.20. The zero-order valence-electron chi connectivity index (χ0n) is 11.4. The summed E-state index contributed by atoms with van der Waals surface area (Å²) in [4.78, 5) is 11.2. The highest BCUT2D eigenvalue weighted by atomic mass is 32.2. The summed E-state index contributed by atoms with van der Waals surface area (Å²) >= 11 is 6.89. The number of hydrogen-bond donors (Lipinski definition) is 1. The van der Waals surface area contributed by atoms with Crippen molar-refractivity contribution in [2.24, 2.45) is 0 Å². The Bertz CT molecular complexity index is 666. The van der Waals surface area contributed by atoms with Crippen molar-refractivity contribution >= 4 is 24.0 Å². The molecule has 104 valence electrons. The normalized spacial score (nSPS) is 15.1. The van der Waals surface area contributed by atoms with Gasteiger partial charge in [0.05, 0.1) is 0 Å². The van der Waals surface area contributed by atoms with E-state index in [0.29, 0.717) is 4.77 Å². The molecule has 0 saturated carbocycles. The molecule has 1 aliphatic heterocycles.